The Hall–Kier alpha value is -2.89. The second kappa shape index (κ2) is 8.87. The largest absolute Gasteiger partial charge is 0.345 e. The fourth-order valence-electron chi connectivity index (χ4n) is 2.63. The lowest BCUT2D eigenvalue weighted by atomic mass is 10.1. The molecule has 0 aliphatic heterocycles. The molecule has 0 saturated heterocycles. The van der Waals surface area contributed by atoms with E-state index in [4.69, 9.17) is 23.2 Å². The Bertz CT molecular complexity index is 1010. The van der Waals surface area contributed by atoms with Crippen molar-refractivity contribution in [2.45, 2.75) is 13.0 Å². The van der Waals surface area contributed by atoms with Crippen LogP contribution in [0.15, 0.2) is 66.9 Å². The molecular formula is C21H17Cl2N3O2. The number of nitrogens with one attached hydrogen (secondary N) is 2. The average molecular weight is 414 g/mol. The maximum atomic E-state index is 12.8. The Balaban J connectivity index is 1.77. The van der Waals surface area contributed by atoms with Crippen molar-refractivity contribution in [2.75, 3.05) is 5.32 Å². The van der Waals surface area contributed by atoms with E-state index in [1.807, 2.05) is 37.3 Å². The number of rotatable bonds is 5. The zero-order valence-electron chi connectivity index (χ0n) is 14.9. The van der Waals surface area contributed by atoms with Gasteiger partial charge in [-0.15, -0.1) is 0 Å². The molecule has 2 aromatic carbocycles. The zero-order valence-corrected chi connectivity index (χ0v) is 16.5. The van der Waals surface area contributed by atoms with Gasteiger partial charge in [0.2, 0.25) is 0 Å². The molecule has 142 valence electrons. The Labute approximate surface area is 172 Å². The van der Waals surface area contributed by atoms with Crippen LogP contribution in [0.5, 0.6) is 0 Å². The molecule has 28 heavy (non-hydrogen) atoms. The van der Waals surface area contributed by atoms with E-state index in [1.54, 1.807) is 24.3 Å². The van der Waals surface area contributed by atoms with Crippen LogP contribution in [0.1, 0.15) is 39.2 Å². The average Bonchev–Trinajstić information content (AvgIpc) is 2.71. The van der Waals surface area contributed by atoms with Gasteiger partial charge in [-0.2, -0.15) is 0 Å². The van der Waals surface area contributed by atoms with E-state index in [9.17, 15) is 9.59 Å². The third-order valence-corrected chi connectivity index (χ3v) is 4.81. The first-order valence-corrected chi connectivity index (χ1v) is 9.28. The predicted octanol–water partition coefficient (Wildman–Crippen LogP) is 5.13. The number of hydrogen-bond donors (Lipinski definition) is 2. The smallest absolute Gasteiger partial charge is 0.257 e. The molecule has 0 saturated carbocycles. The molecule has 2 N–H and O–H groups in total. The van der Waals surface area contributed by atoms with Crippen LogP contribution in [0.3, 0.4) is 0 Å². The number of carbonyl (C=O) groups excluding carboxylic acids is 2. The maximum Gasteiger partial charge on any atom is 0.257 e. The summed E-state index contributed by atoms with van der Waals surface area (Å²) in [4.78, 5) is 29.1. The Morgan fingerprint density at radius 3 is 2.36 bits per heavy atom. The summed E-state index contributed by atoms with van der Waals surface area (Å²) in [5.41, 5.74) is 1.96. The van der Waals surface area contributed by atoms with Crippen molar-refractivity contribution in [2.24, 2.45) is 0 Å². The summed E-state index contributed by atoms with van der Waals surface area (Å²) in [6.07, 6.45) is 1.32. The van der Waals surface area contributed by atoms with Crippen LogP contribution < -0.4 is 10.6 Å². The van der Waals surface area contributed by atoms with Crippen LogP contribution in [-0.4, -0.2) is 16.8 Å². The summed E-state index contributed by atoms with van der Waals surface area (Å²) in [5, 5.41) is 5.96. The molecule has 0 aliphatic rings. The molecule has 3 rings (SSSR count). The van der Waals surface area contributed by atoms with E-state index >= 15 is 0 Å². The highest BCUT2D eigenvalue weighted by Crippen LogP contribution is 2.22. The van der Waals surface area contributed by atoms with Gasteiger partial charge in [0, 0.05) is 6.20 Å². The van der Waals surface area contributed by atoms with Gasteiger partial charge in [0.1, 0.15) is 5.15 Å². The van der Waals surface area contributed by atoms with Crippen molar-refractivity contribution < 1.29 is 9.59 Å². The molecule has 5 nitrogen and oxygen atoms in total. The molecule has 0 unspecified atom stereocenters. The number of carbonyl (C=O) groups is 2. The number of amides is 2. The monoisotopic (exact) mass is 413 g/mol. The highest BCUT2D eigenvalue weighted by molar-refractivity contribution is 6.41. The van der Waals surface area contributed by atoms with Gasteiger partial charge < -0.3 is 10.6 Å². The summed E-state index contributed by atoms with van der Waals surface area (Å²) >= 11 is 11.7. The van der Waals surface area contributed by atoms with Gasteiger partial charge in [0.25, 0.3) is 11.8 Å². The highest BCUT2D eigenvalue weighted by Gasteiger charge is 2.17. The summed E-state index contributed by atoms with van der Waals surface area (Å²) in [6.45, 7) is 1.90. The molecule has 0 fully saturated rings. The van der Waals surface area contributed by atoms with E-state index in [2.05, 4.69) is 15.6 Å². The molecule has 0 radical (unpaired) electrons. The standard InChI is InChI=1S/C21H17Cl2N3O2/c1-13(14-7-3-2-4-8-14)25-21(28)16-9-5-6-10-18(16)26-20(27)15-11-17(22)19(23)24-12-15/h2-13H,1H3,(H,25,28)(H,26,27)/t13-/m0/s1. The summed E-state index contributed by atoms with van der Waals surface area (Å²) in [6, 6.07) is 17.6. The number of benzene rings is 2. The number of hydrogen-bond acceptors (Lipinski definition) is 3. The van der Waals surface area contributed by atoms with Crippen LogP contribution >= 0.6 is 23.2 Å². The lowest BCUT2D eigenvalue weighted by molar-refractivity contribution is 0.0941. The molecular weight excluding hydrogens is 397 g/mol. The fourth-order valence-corrected chi connectivity index (χ4v) is 2.90. The third-order valence-electron chi connectivity index (χ3n) is 4.13. The third kappa shape index (κ3) is 4.68. The van der Waals surface area contributed by atoms with Gasteiger partial charge in [0.15, 0.2) is 0 Å². The normalized spacial score (nSPS) is 11.5. The van der Waals surface area contributed by atoms with Crippen molar-refractivity contribution in [3.8, 4) is 0 Å². The number of para-hydroxylation sites is 1. The maximum absolute atomic E-state index is 12.8. The number of aromatic nitrogens is 1. The molecule has 0 bridgehead atoms. The van der Waals surface area contributed by atoms with Gasteiger partial charge in [-0.05, 0) is 30.7 Å². The summed E-state index contributed by atoms with van der Waals surface area (Å²) in [5.74, 6) is -0.734. The Morgan fingerprint density at radius 1 is 0.964 bits per heavy atom. The van der Waals surface area contributed by atoms with E-state index < -0.39 is 5.91 Å². The number of halogens is 2. The van der Waals surface area contributed by atoms with Crippen molar-refractivity contribution in [3.05, 3.63) is 93.7 Å². The van der Waals surface area contributed by atoms with Gasteiger partial charge in [0.05, 0.1) is 27.9 Å². The van der Waals surface area contributed by atoms with Gasteiger partial charge >= 0.3 is 0 Å². The molecule has 1 heterocycles. The fraction of sp³-hybridized carbons (Fsp3) is 0.0952. The van der Waals surface area contributed by atoms with Crippen LogP contribution in [0.25, 0.3) is 0 Å². The van der Waals surface area contributed by atoms with Crippen LogP contribution in [0.2, 0.25) is 10.2 Å². The van der Waals surface area contributed by atoms with E-state index in [0.717, 1.165) is 5.56 Å². The Kier molecular flexibility index (Phi) is 6.29. The summed E-state index contributed by atoms with van der Waals surface area (Å²) < 4.78 is 0. The Morgan fingerprint density at radius 2 is 1.64 bits per heavy atom. The van der Waals surface area contributed by atoms with E-state index in [-0.39, 0.29) is 27.7 Å². The minimum Gasteiger partial charge on any atom is -0.345 e. The molecule has 2 amide bonds. The molecule has 3 aromatic rings. The molecule has 0 spiro atoms. The molecule has 7 heteroatoms. The first-order valence-electron chi connectivity index (χ1n) is 8.53. The van der Waals surface area contributed by atoms with Gasteiger partial charge in [-0.25, -0.2) is 4.98 Å². The number of pyridine rings is 1. The minimum atomic E-state index is -0.442. The second-order valence-electron chi connectivity index (χ2n) is 6.10. The minimum absolute atomic E-state index is 0.118. The first kappa shape index (κ1) is 19.9. The van der Waals surface area contributed by atoms with E-state index in [1.165, 1.54) is 12.3 Å². The lowest BCUT2D eigenvalue weighted by Crippen LogP contribution is -2.28. The SMILES string of the molecule is C[C@H](NC(=O)c1ccccc1NC(=O)c1cnc(Cl)c(Cl)c1)c1ccccc1. The van der Waals surface area contributed by atoms with Crippen LogP contribution in [-0.2, 0) is 0 Å². The highest BCUT2D eigenvalue weighted by atomic mass is 35.5. The molecule has 1 aromatic heterocycles. The van der Waals surface area contributed by atoms with Crippen molar-refractivity contribution in [1.29, 1.82) is 0 Å². The predicted molar refractivity (Wildman–Crippen MR) is 111 cm³/mol. The quantitative estimate of drug-likeness (QED) is 0.569. The van der Waals surface area contributed by atoms with Crippen LogP contribution in [0.4, 0.5) is 5.69 Å². The van der Waals surface area contributed by atoms with Crippen molar-refractivity contribution >= 4 is 40.7 Å². The molecule has 1 atom stereocenters. The lowest BCUT2D eigenvalue weighted by Gasteiger charge is -2.16. The number of anilines is 1. The van der Waals surface area contributed by atoms with Crippen molar-refractivity contribution in [3.63, 3.8) is 0 Å². The second-order valence-corrected chi connectivity index (χ2v) is 6.87. The van der Waals surface area contributed by atoms with E-state index in [0.29, 0.717) is 11.3 Å². The topological polar surface area (TPSA) is 71.1 Å². The number of nitrogens with zero attached hydrogens (tertiary/aromatic N) is 1. The summed E-state index contributed by atoms with van der Waals surface area (Å²) in [7, 11) is 0. The van der Waals surface area contributed by atoms with Gasteiger partial charge in [-0.1, -0.05) is 65.7 Å². The van der Waals surface area contributed by atoms with Crippen molar-refractivity contribution in [1.82, 2.24) is 10.3 Å². The zero-order chi connectivity index (χ0) is 20.1. The first-order chi connectivity index (χ1) is 13.5. The van der Waals surface area contributed by atoms with Gasteiger partial charge in [-0.3, -0.25) is 9.59 Å². The van der Waals surface area contributed by atoms with Crippen LogP contribution in [0, 0.1) is 0 Å². The molecule has 0 aliphatic carbocycles.